The van der Waals surface area contributed by atoms with Gasteiger partial charge in [-0.3, -0.25) is 14.4 Å². The van der Waals surface area contributed by atoms with Crippen LogP contribution in [0.3, 0.4) is 0 Å². The number of nitrogens with two attached hydrogens (primary N) is 2. The molecule has 3 aliphatic carbocycles. The van der Waals surface area contributed by atoms with Gasteiger partial charge in [-0.05, 0) is 42.9 Å². The van der Waals surface area contributed by atoms with Crippen molar-refractivity contribution in [3.05, 3.63) is 51.4 Å². The molecule has 8 heteroatoms. The average molecular weight is 440 g/mol. The number of Topliss-reactive ketones (excluding diaryl/α,β-unsaturated/α-hetero) is 2. The zero-order valence-corrected chi connectivity index (χ0v) is 18.4. The lowest BCUT2D eigenvalue weighted by atomic mass is 9.48. The number of carbonyl (C=O) groups is 3. The standard InChI is InChI=1S/C24H28N2O6/c1-4-5-11-6-7-14(27)15-12(11)8-22(2)10-23(3)9-13(25)16(21(26)31)19(29)24(23,32)20(30)17(22)18(15)28/h6-7,27,30,32H,4-5,8-10,25H2,1-3H3,(H2,26,31)/t22-,23+,24+/m0/s1. The topological polar surface area (TPSA) is 164 Å². The van der Waals surface area contributed by atoms with E-state index in [9.17, 15) is 29.7 Å². The lowest BCUT2D eigenvalue weighted by Gasteiger charge is -2.56. The lowest BCUT2D eigenvalue weighted by Crippen LogP contribution is -2.64. The van der Waals surface area contributed by atoms with E-state index in [0.717, 1.165) is 12.0 Å². The van der Waals surface area contributed by atoms with Crippen molar-refractivity contribution in [3.63, 3.8) is 0 Å². The number of amides is 1. The molecule has 0 saturated carbocycles. The van der Waals surface area contributed by atoms with E-state index in [-0.39, 0.29) is 35.4 Å². The number of fused-ring (bicyclic) bond motifs is 3. The normalized spacial score (nSPS) is 31.9. The molecule has 1 amide bonds. The van der Waals surface area contributed by atoms with E-state index < -0.39 is 45.2 Å². The molecule has 3 atom stereocenters. The Morgan fingerprint density at radius 1 is 1.16 bits per heavy atom. The largest absolute Gasteiger partial charge is 0.508 e. The van der Waals surface area contributed by atoms with Gasteiger partial charge in [0, 0.05) is 22.1 Å². The van der Waals surface area contributed by atoms with Gasteiger partial charge < -0.3 is 26.8 Å². The van der Waals surface area contributed by atoms with Crippen LogP contribution in [0.5, 0.6) is 5.75 Å². The number of hydrogen-bond donors (Lipinski definition) is 5. The van der Waals surface area contributed by atoms with Crippen LogP contribution in [0.1, 0.15) is 61.5 Å². The monoisotopic (exact) mass is 440 g/mol. The zero-order chi connectivity index (χ0) is 23.8. The fourth-order valence-electron chi connectivity index (χ4n) is 6.19. The maximum atomic E-state index is 13.6. The molecule has 0 aliphatic heterocycles. The number of hydrogen-bond acceptors (Lipinski definition) is 7. The molecule has 4 rings (SSSR count). The van der Waals surface area contributed by atoms with Crippen molar-refractivity contribution >= 4 is 17.5 Å². The van der Waals surface area contributed by atoms with E-state index in [4.69, 9.17) is 11.5 Å². The van der Waals surface area contributed by atoms with Crippen molar-refractivity contribution in [2.24, 2.45) is 22.3 Å². The summed E-state index contributed by atoms with van der Waals surface area (Å²) >= 11 is 0. The second-order valence-corrected chi connectivity index (χ2v) is 9.86. The Morgan fingerprint density at radius 3 is 2.41 bits per heavy atom. The van der Waals surface area contributed by atoms with Crippen LogP contribution in [0, 0.1) is 10.8 Å². The van der Waals surface area contributed by atoms with Crippen molar-refractivity contribution in [1.29, 1.82) is 0 Å². The number of aliphatic hydroxyl groups is 2. The highest BCUT2D eigenvalue weighted by atomic mass is 16.3. The second kappa shape index (κ2) is 6.68. The van der Waals surface area contributed by atoms with Crippen LogP contribution < -0.4 is 11.5 Å². The van der Waals surface area contributed by atoms with Gasteiger partial charge in [-0.2, -0.15) is 0 Å². The van der Waals surface area contributed by atoms with Gasteiger partial charge in [-0.1, -0.05) is 33.3 Å². The number of rotatable bonds is 3. The summed E-state index contributed by atoms with van der Waals surface area (Å²) in [5.41, 5.74) is 7.64. The molecule has 0 spiro atoms. The molecule has 0 heterocycles. The minimum atomic E-state index is -2.53. The number of allylic oxidation sites excluding steroid dienone is 2. The van der Waals surface area contributed by atoms with Crippen molar-refractivity contribution in [3.8, 4) is 5.75 Å². The molecular weight excluding hydrogens is 412 g/mol. The van der Waals surface area contributed by atoms with Gasteiger partial charge in [-0.15, -0.1) is 0 Å². The molecule has 7 N–H and O–H groups in total. The van der Waals surface area contributed by atoms with Crippen LogP contribution >= 0.6 is 0 Å². The van der Waals surface area contributed by atoms with Crippen LogP contribution in [-0.4, -0.2) is 38.4 Å². The summed E-state index contributed by atoms with van der Waals surface area (Å²) in [5, 5.41) is 33.4. The maximum absolute atomic E-state index is 13.6. The molecule has 3 aliphatic rings. The first-order chi connectivity index (χ1) is 14.8. The number of carbonyl (C=O) groups excluding carboxylic acids is 3. The van der Waals surface area contributed by atoms with Crippen molar-refractivity contribution in [2.75, 3.05) is 0 Å². The van der Waals surface area contributed by atoms with Gasteiger partial charge in [0.1, 0.15) is 17.1 Å². The molecular formula is C24H28N2O6. The molecule has 32 heavy (non-hydrogen) atoms. The summed E-state index contributed by atoms with van der Waals surface area (Å²) in [6, 6.07) is 3.25. The van der Waals surface area contributed by atoms with E-state index in [0.29, 0.717) is 18.4 Å². The zero-order valence-electron chi connectivity index (χ0n) is 18.4. The van der Waals surface area contributed by atoms with Crippen molar-refractivity contribution in [2.45, 2.75) is 58.5 Å². The number of phenols is 1. The maximum Gasteiger partial charge on any atom is 0.254 e. The molecule has 0 radical (unpaired) electrons. The number of primary amides is 1. The number of aromatic hydroxyl groups is 1. The molecule has 0 unspecified atom stereocenters. The summed E-state index contributed by atoms with van der Waals surface area (Å²) in [6.45, 7) is 5.44. The third-order valence-corrected chi connectivity index (χ3v) is 7.47. The summed E-state index contributed by atoms with van der Waals surface area (Å²) < 4.78 is 0. The highest BCUT2D eigenvalue weighted by Gasteiger charge is 2.67. The summed E-state index contributed by atoms with van der Waals surface area (Å²) in [6.07, 6.45) is 2.00. The van der Waals surface area contributed by atoms with Crippen LogP contribution in [-0.2, 0) is 22.4 Å². The van der Waals surface area contributed by atoms with E-state index in [1.54, 1.807) is 19.9 Å². The van der Waals surface area contributed by atoms with Crippen LogP contribution in [0.25, 0.3) is 0 Å². The SMILES string of the molecule is CCCc1ccc(O)c2c1C[C@@]1(C)C[C@@]3(C)CC(N)=C(C(N)=O)C(=O)[C@@]3(O)C(O)=C1C2=O. The Hall–Kier alpha value is -3.13. The minimum absolute atomic E-state index is 0.0404. The van der Waals surface area contributed by atoms with E-state index in [1.807, 2.05) is 6.92 Å². The quantitative estimate of drug-likeness (QED) is 0.447. The van der Waals surface area contributed by atoms with E-state index in [2.05, 4.69) is 0 Å². The Labute approximate surface area is 185 Å². The molecule has 0 aromatic heterocycles. The first kappa shape index (κ1) is 22.1. The third-order valence-electron chi connectivity index (χ3n) is 7.47. The molecule has 1 aromatic carbocycles. The number of benzene rings is 1. The molecule has 0 saturated heterocycles. The molecule has 1 aromatic rings. The molecule has 0 fully saturated rings. The summed E-state index contributed by atoms with van der Waals surface area (Å²) in [5.74, 6) is -3.85. The molecule has 170 valence electrons. The first-order valence-corrected chi connectivity index (χ1v) is 10.7. The van der Waals surface area contributed by atoms with Crippen LogP contribution in [0.4, 0.5) is 0 Å². The number of aliphatic hydroxyl groups excluding tert-OH is 1. The minimum Gasteiger partial charge on any atom is -0.508 e. The summed E-state index contributed by atoms with van der Waals surface area (Å²) in [7, 11) is 0. The Kier molecular flexibility index (Phi) is 4.61. The molecule has 8 nitrogen and oxygen atoms in total. The van der Waals surface area contributed by atoms with Gasteiger partial charge in [0.15, 0.2) is 11.4 Å². The van der Waals surface area contributed by atoms with Crippen molar-refractivity contribution in [1.82, 2.24) is 0 Å². The van der Waals surface area contributed by atoms with Crippen LogP contribution in [0.15, 0.2) is 34.7 Å². The van der Waals surface area contributed by atoms with Gasteiger partial charge in [0.25, 0.3) is 5.91 Å². The van der Waals surface area contributed by atoms with Crippen LogP contribution in [0.2, 0.25) is 0 Å². The third kappa shape index (κ3) is 2.56. The fraction of sp³-hybridized carbons (Fsp3) is 0.458. The number of phenolic OH excluding ortho intramolecular Hbond substituents is 1. The first-order valence-electron chi connectivity index (χ1n) is 10.7. The van der Waals surface area contributed by atoms with Gasteiger partial charge in [0.2, 0.25) is 5.78 Å². The van der Waals surface area contributed by atoms with E-state index >= 15 is 0 Å². The fourth-order valence-corrected chi connectivity index (χ4v) is 6.19. The summed E-state index contributed by atoms with van der Waals surface area (Å²) in [4.78, 5) is 38.7. The van der Waals surface area contributed by atoms with E-state index in [1.165, 1.54) is 6.07 Å². The Morgan fingerprint density at radius 2 is 1.81 bits per heavy atom. The Balaban J connectivity index is 2.00. The number of aryl methyl sites for hydroxylation is 1. The van der Waals surface area contributed by atoms with Gasteiger partial charge in [-0.25, -0.2) is 0 Å². The second-order valence-electron chi connectivity index (χ2n) is 9.86. The van der Waals surface area contributed by atoms with Crippen molar-refractivity contribution < 1.29 is 29.7 Å². The van der Waals surface area contributed by atoms with Gasteiger partial charge in [0.05, 0.1) is 5.56 Å². The Bertz CT molecular complexity index is 1170. The smallest absolute Gasteiger partial charge is 0.254 e. The predicted octanol–water partition coefficient (Wildman–Crippen LogP) is 1.71. The highest BCUT2D eigenvalue weighted by molar-refractivity contribution is 6.25. The number of ketones is 2. The predicted molar refractivity (Wildman–Crippen MR) is 116 cm³/mol. The highest BCUT2D eigenvalue weighted by Crippen LogP contribution is 2.62. The lowest BCUT2D eigenvalue weighted by molar-refractivity contribution is -0.157. The van der Waals surface area contributed by atoms with Gasteiger partial charge >= 0.3 is 0 Å². The average Bonchev–Trinajstić information content (AvgIpc) is 2.66. The molecule has 0 bridgehead atoms.